The number of ether oxygens (including phenoxy) is 1. The molecule has 0 bridgehead atoms. The van der Waals surface area contributed by atoms with Crippen LogP contribution in [0.1, 0.15) is 115 Å². The zero-order valence-electron chi connectivity index (χ0n) is 19.9. The Bertz CT molecular complexity index is 605. The summed E-state index contributed by atoms with van der Waals surface area (Å²) >= 11 is 0. The third-order valence-corrected chi connectivity index (χ3v) is 5.99. The summed E-state index contributed by atoms with van der Waals surface area (Å²) in [6, 6.07) is 1.61. The fraction of sp³-hybridized carbons (Fsp3) is 0.741. The van der Waals surface area contributed by atoms with Gasteiger partial charge in [-0.1, -0.05) is 116 Å². The van der Waals surface area contributed by atoms with Gasteiger partial charge in [0.2, 0.25) is 5.43 Å². The highest BCUT2D eigenvalue weighted by Gasteiger charge is 2.07. The number of aryl methyl sites for hydroxylation is 1. The predicted molar refractivity (Wildman–Crippen MR) is 131 cm³/mol. The van der Waals surface area contributed by atoms with Crippen molar-refractivity contribution in [3.8, 4) is 5.75 Å². The topological polar surface area (TPSA) is 31.2 Å². The minimum absolute atomic E-state index is 0.0439. The van der Waals surface area contributed by atoms with Crippen molar-refractivity contribution in [2.45, 2.75) is 123 Å². The van der Waals surface area contributed by atoms with E-state index in [0.29, 0.717) is 12.4 Å². The molecule has 1 aromatic rings. The fourth-order valence-electron chi connectivity index (χ4n) is 4.04. The zero-order chi connectivity index (χ0) is 21.9. The third kappa shape index (κ3) is 12.2. The van der Waals surface area contributed by atoms with Crippen LogP contribution in [0, 0.1) is 6.92 Å². The van der Waals surface area contributed by atoms with Gasteiger partial charge in [-0.2, -0.15) is 0 Å². The minimum Gasteiger partial charge on any atom is -0.484 e. The van der Waals surface area contributed by atoms with Crippen LogP contribution in [0.15, 0.2) is 29.7 Å². The van der Waals surface area contributed by atoms with Crippen molar-refractivity contribution in [1.82, 2.24) is 4.57 Å². The molecule has 0 N–H and O–H groups in total. The Balaban J connectivity index is 1.98. The van der Waals surface area contributed by atoms with Crippen molar-refractivity contribution in [3.05, 3.63) is 40.8 Å². The van der Waals surface area contributed by atoms with E-state index < -0.39 is 0 Å². The van der Waals surface area contributed by atoms with E-state index >= 15 is 0 Å². The molecule has 3 heteroatoms. The summed E-state index contributed by atoms with van der Waals surface area (Å²) in [5, 5.41) is 0. The summed E-state index contributed by atoms with van der Waals surface area (Å²) in [5.41, 5.74) is 0.878. The second-order valence-electron chi connectivity index (χ2n) is 8.69. The van der Waals surface area contributed by atoms with Crippen LogP contribution in [0.25, 0.3) is 0 Å². The first-order chi connectivity index (χ1) is 14.7. The number of hydrogen-bond donors (Lipinski definition) is 0. The Morgan fingerprint density at radius 3 is 1.77 bits per heavy atom. The lowest BCUT2D eigenvalue weighted by atomic mass is 10.0. The molecule has 0 spiro atoms. The van der Waals surface area contributed by atoms with Gasteiger partial charge >= 0.3 is 0 Å². The monoisotopic (exact) mass is 417 g/mol. The SMILES string of the molecule is C=CCOc1c(C)n(CCCCCCCCCCCCCCCCCC)ccc1=O. The average molecular weight is 418 g/mol. The van der Waals surface area contributed by atoms with Gasteiger partial charge in [0.25, 0.3) is 0 Å². The number of pyridine rings is 1. The third-order valence-electron chi connectivity index (χ3n) is 5.99. The van der Waals surface area contributed by atoms with Crippen LogP contribution in [0.3, 0.4) is 0 Å². The first kappa shape index (κ1) is 26.5. The number of unbranched alkanes of at least 4 members (excludes halogenated alkanes) is 15. The first-order valence-electron chi connectivity index (χ1n) is 12.6. The van der Waals surface area contributed by atoms with Gasteiger partial charge in [0.15, 0.2) is 5.75 Å². The molecule has 0 aliphatic carbocycles. The molecular formula is C27H47NO2. The molecule has 30 heavy (non-hydrogen) atoms. The van der Waals surface area contributed by atoms with Gasteiger partial charge in [-0.05, 0) is 13.3 Å². The molecule has 0 aliphatic heterocycles. The van der Waals surface area contributed by atoms with Gasteiger partial charge in [-0.25, -0.2) is 0 Å². The molecule has 0 amide bonds. The molecule has 1 aromatic heterocycles. The van der Waals surface area contributed by atoms with Crippen LogP contribution in [-0.2, 0) is 6.54 Å². The quantitative estimate of drug-likeness (QED) is 0.159. The van der Waals surface area contributed by atoms with Crippen molar-refractivity contribution in [3.63, 3.8) is 0 Å². The normalized spacial score (nSPS) is 11.0. The Kier molecular flexibility index (Phi) is 16.2. The molecule has 0 saturated heterocycles. The van der Waals surface area contributed by atoms with Crippen molar-refractivity contribution in [1.29, 1.82) is 0 Å². The highest BCUT2D eigenvalue weighted by Crippen LogP contribution is 2.15. The molecule has 0 unspecified atom stereocenters. The van der Waals surface area contributed by atoms with Crippen molar-refractivity contribution in [2.24, 2.45) is 0 Å². The predicted octanol–water partition coefficient (Wildman–Crippen LogP) is 7.98. The van der Waals surface area contributed by atoms with Crippen LogP contribution in [0.4, 0.5) is 0 Å². The zero-order valence-corrected chi connectivity index (χ0v) is 19.9. The van der Waals surface area contributed by atoms with E-state index in [0.717, 1.165) is 18.7 Å². The van der Waals surface area contributed by atoms with Gasteiger partial charge in [0.1, 0.15) is 6.61 Å². The highest BCUT2D eigenvalue weighted by atomic mass is 16.5. The van der Waals surface area contributed by atoms with Crippen molar-refractivity contribution in [2.75, 3.05) is 6.61 Å². The molecule has 3 nitrogen and oxygen atoms in total. The molecule has 0 atom stereocenters. The number of nitrogens with zero attached hydrogens (tertiary/aromatic N) is 1. The van der Waals surface area contributed by atoms with E-state index in [1.807, 2.05) is 13.1 Å². The van der Waals surface area contributed by atoms with Gasteiger partial charge < -0.3 is 9.30 Å². The Labute approximate surface area is 185 Å². The van der Waals surface area contributed by atoms with E-state index in [2.05, 4.69) is 18.1 Å². The van der Waals surface area contributed by atoms with Crippen LogP contribution in [-0.4, -0.2) is 11.2 Å². The minimum atomic E-state index is -0.0439. The van der Waals surface area contributed by atoms with E-state index in [9.17, 15) is 4.79 Å². The largest absolute Gasteiger partial charge is 0.484 e. The Morgan fingerprint density at radius 1 is 0.833 bits per heavy atom. The average Bonchev–Trinajstić information content (AvgIpc) is 2.74. The lowest BCUT2D eigenvalue weighted by molar-refractivity contribution is 0.350. The van der Waals surface area contributed by atoms with Gasteiger partial charge in [0.05, 0.1) is 5.69 Å². The lowest BCUT2D eigenvalue weighted by Gasteiger charge is -2.14. The molecular weight excluding hydrogens is 370 g/mol. The standard InChI is InChI=1S/C27H47NO2/c1-4-6-7-8-9-10-11-12-13-14-15-16-17-18-19-20-22-28-23-21-26(29)27(25(28)3)30-24-5-2/h5,21,23H,2,4,6-20,22,24H2,1,3H3. The summed E-state index contributed by atoms with van der Waals surface area (Å²) in [4.78, 5) is 11.9. The fourth-order valence-corrected chi connectivity index (χ4v) is 4.04. The summed E-state index contributed by atoms with van der Waals surface area (Å²) in [6.45, 7) is 9.22. The van der Waals surface area contributed by atoms with E-state index in [4.69, 9.17) is 4.74 Å². The van der Waals surface area contributed by atoms with Crippen LogP contribution in [0.5, 0.6) is 5.75 Å². The van der Waals surface area contributed by atoms with Crippen molar-refractivity contribution < 1.29 is 4.74 Å². The molecule has 0 fully saturated rings. The first-order valence-corrected chi connectivity index (χ1v) is 12.6. The van der Waals surface area contributed by atoms with E-state index in [1.54, 1.807) is 12.1 Å². The molecule has 0 aliphatic rings. The molecule has 0 aromatic carbocycles. The molecule has 0 radical (unpaired) electrons. The molecule has 1 heterocycles. The maximum absolute atomic E-state index is 11.9. The maximum atomic E-state index is 11.9. The summed E-state index contributed by atoms with van der Waals surface area (Å²) in [7, 11) is 0. The molecule has 172 valence electrons. The van der Waals surface area contributed by atoms with Crippen LogP contribution in [0.2, 0.25) is 0 Å². The Hall–Kier alpha value is -1.51. The van der Waals surface area contributed by atoms with Crippen LogP contribution >= 0.6 is 0 Å². The van der Waals surface area contributed by atoms with Gasteiger partial charge in [0, 0.05) is 18.8 Å². The summed E-state index contributed by atoms with van der Waals surface area (Å²) in [5.74, 6) is 0.467. The second-order valence-corrected chi connectivity index (χ2v) is 8.69. The highest BCUT2D eigenvalue weighted by molar-refractivity contribution is 5.27. The van der Waals surface area contributed by atoms with Gasteiger partial charge in [-0.15, -0.1) is 0 Å². The van der Waals surface area contributed by atoms with Crippen molar-refractivity contribution >= 4 is 0 Å². The van der Waals surface area contributed by atoms with E-state index in [-0.39, 0.29) is 5.43 Å². The number of rotatable bonds is 20. The summed E-state index contributed by atoms with van der Waals surface area (Å²) in [6.07, 6.45) is 25.7. The lowest BCUT2D eigenvalue weighted by Crippen LogP contribution is -2.15. The maximum Gasteiger partial charge on any atom is 0.223 e. The smallest absolute Gasteiger partial charge is 0.223 e. The number of aromatic nitrogens is 1. The Morgan fingerprint density at radius 2 is 1.30 bits per heavy atom. The van der Waals surface area contributed by atoms with E-state index in [1.165, 1.54) is 96.3 Å². The summed E-state index contributed by atoms with van der Waals surface area (Å²) < 4.78 is 7.68. The van der Waals surface area contributed by atoms with Crippen LogP contribution < -0.4 is 10.2 Å². The second kappa shape index (κ2) is 18.3. The molecule has 1 rings (SSSR count). The molecule has 0 saturated carbocycles. The number of hydrogen-bond acceptors (Lipinski definition) is 2. The van der Waals surface area contributed by atoms with Gasteiger partial charge in [-0.3, -0.25) is 4.79 Å².